The lowest BCUT2D eigenvalue weighted by molar-refractivity contribution is 0.0667. The minimum Gasteiger partial charge on any atom is -0.336 e. The Hall–Kier alpha value is -1.98. The molecule has 6 nitrogen and oxygen atoms in total. The van der Waals surface area contributed by atoms with Crippen molar-refractivity contribution in [2.45, 2.75) is 45.6 Å². The largest absolute Gasteiger partial charge is 0.336 e. The molecule has 6 heteroatoms. The van der Waals surface area contributed by atoms with E-state index in [1.165, 1.54) is 12.8 Å². The summed E-state index contributed by atoms with van der Waals surface area (Å²) in [5, 5.41) is 4.29. The van der Waals surface area contributed by atoms with E-state index in [2.05, 4.69) is 22.0 Å². The van der Waals surface area contributed by atoms with E-state index >= 15 is 0 Å². The van der Waals surface area contributed by atoms with Crippen LogP contribution in [-0.2, 0) is 0 Å². The lowest BCUT2D eigenvalue weighted by atomic mass is 9.87. The van der Waals surface area contributed by atoms with Gasteiger partial charge in [0.15, 0.2) is 0 Å². The maximum Gasteiger partial charge on any atom is 0.293 e. The van der Waals surface area contributed by atoms with Crippen LogP contribution in [0.1, 0.15) is 48.9 Å². The number of carbonyl (C=O) groups is 1. The number of fused-ring (bicyclic) bond motifs is 1. The van der Waals surface area contributed by atoms with E-state index in [1.54, 1.807) is 15.6 Å². The first-order valence-corrected chi connectivity index (χ1v) is 7.52. The van der Waals surface area contributed by atoms with Crippen molar-refractivity contribution in [2.24, 2.45) is 5.92 Å². The summed E-state index contributed by atoms with van der Waals surface area (Å²) in [5.41, 5.74) is 0.917. The molecule has 2 aromatic rings. The van der Waals surface area contributed by atoms with Crippen molar-refractivity contribution >= 4 is 11.7 Å². The maximum atomic E-state index is 12.6. The average molecular weight is 287 g/mol. The highest BCUT2D eigenvalue weighted by Gasteiger charge is 2.27. The minimum absolute atomic E-state index is 0.112. The normalized spacial score (nSPS) is 22.4. The van der Waals surface area contributed by atoms with Crippen LogP contribution in [0.25, 0.3) is 5.78 Å². The molecule has 3 rings (SSSR count). The highest BCUT2D eigenvalue weighted by atomic mass is 16.2. The molecule has 0 saturated heterocycles. The first-order valence-electron chi connectivity index (χ1n) is 7.52. The molecule has 1 aliphatic rings. The molecule has 112 valence electrons. The molecular weight excluding hydrogens is 266 g/mol. The van der Waals surface area contributed by atoms with Gasteiger partial charge in [0.05, 0.1) is 0 Å². The fourth-order valence-electron chi connectivity index (χ4n) is 2.95. The quantitative estimate of drug-likeness (QED) is 0.848. The van der Waals surface area contributed by atoms with E-state index < -0.39 is 0 Å². The topological polar surface area (TPSA) is 63.4 Å². The summed E-state index contributed by atoms with van der Waals surface area (Å²) < 4.78 is 1.62. The van der Waals surface area contributed by atoms with Crippen LogP contribution in [-0.4, -0.2) is 43.5 Å². The van der Waals surface area contributed by atoms with Gasteiger partial charge in [-0.3, -0.25) is 4.79 Å². The second-order valence-electron chi connectivity index (χ2n) is 6.06. The van der Waals surface area contributed by atoms with Crippen molar-refractivity contribution in [1.29, 1.82) is 0 Å². The third-order valence-electron chi connectivity index (χ3n) is 4.47. The van der Waals surface area contributed by atoms with Crippen molar-refractivity contribution in [1.82, 2.24) is 24.5 Å². The zero-order valence-electron chi connectivity index (χ0n) is 12.8. The van der Waals surface area contributed by atoms with E-state index in [0.29, 0.717) is 11.8 Å². The highest BCUT2D eigenvalue weighted by Crippen LogP contribution is 2.26. The lowest BCUT2D eigenvalue weighted by Gasteiger charge is -2.32. The van der Waals surface area contributed by atoms with Crippen molar-refractivity contribution in [3.05, 3.63) is 23.8 Å². The summed E-state index contributed by atoms with van der Waals surface area (Å²) in [4.78, 5) is 22.8. The molecule has 0 aromatic carbocycles. The minimum atomic E-state index is -0.112. The van der Waals surface area contributed by atoms with Gasteiger partial charge in [0.1, 0.15) is 0 Å². The van der Waals surface area contributed by atoms with E-state index in [1.807, 2.05) is 20.0 Å². The number of nitrogens with zero attached hydrogens (tertiary/aromatic N) is 5. The van der Waals surface area contributed by atoms with Crippen LogP contribution in [0.2, 0.25) is 0 Å². The smallest absolute Gasteiger partial charge is 0.293 e. The maximum absolute atomic E-state index is 12.6. The van der Waals surface area contributed by atoms with Crippen molar-refractivity contribution in [2.75, 3.05) is 7.05 Å². The second kappa shape index (κ2) is 5.42. The Morgan fingerprint density at radius 2 is 2.05 bits per heavy atom. The predicted octanol–water partition coefficient (Wildman–Crippen LogP) is 2.08. The van der Waals surface area contributed by atoms with Gasteiger partial charge in [0.2, 0.25) is 5.82 Å². The van der Waals surface area contributed by atoms with Gasteiger partial charge in [-0.15, -0.1) is 5.10 Å². The molecule has 0 spiro atoms. The molecule has 1 amide bonds. The van der Waals surface area contributed by atoms with Crippen LogP contribution in [0.15, 0.2) is 12.3 Å². The molecule has 0 unspecified atom stereocenters. The van der Waals surface area contributed by atoms with Gasteiger partial charge in [-0.05, 0) is 44.6 Å². The van der Waals surface area contributed by atoms with Gasteiger partial charge in [-0.1, -0.05) is 6.92 Å². The Kier molecular flexibility index (Phi) is 3.61. The Bertz CT molecular complexity index is 657. The van der Waals surface area contributed by atoms with E-state index in [0.717, 1.165) is 24.5 Å². The number of aromatic nitrogens is 4. The molecule has 1 fully saturated rings. The second-order valence-corrected chi connectivity index (χ2v) is 6.06. The first-order chi connectivity index (χ1) is 10.1. The summed E-state index contributed by atoms with van der Waals surface area (Å²) in [6.45, 7) is 4.19. The third kappa shape index (κ3) is 2.62. The van der Waals surface area contributed by atoms with E-state index in [4.69, 9.17) is 0 Å². The monoisotopic (exact) mass is 287 g/mol. The van der Waals surface area contributed by atoms with Crippen molar-refractivity contribution < 1.29 is 4.79 Å². The third-order valence-corrected chi connectivity index (χ3v) is 4.47. The number of carbonyl (C=O) groups excluding carboxylic acids is 1. The Morgan fingerprint density at radius 1 is 1.33 bits per heavy atom. The number of hydrogen-bond donors (Lipinski definition) is 0. The summed E-state index contributed by atoms with van der Waals surface area (Å²) in [6.07, 6.45) is 6.17. The number of rotatable bonds is 2. The standard InChI is InChI=1S/C15H21N5O/c1-10-4-6-12(7-5-10)19(3)14(21)13-17-15-16-9-8-11(2)20(15)18-13/h8-10,12H,4-7H2,1-3H3. The lowest BCUT2D eigenvalue weighted by Crippen LogP contribution is -2.39. The molecule has 2 aromatic heterocycles. The van der Waals surface area contributed by atoms with Crippen LogP contribution in [0.5, 0.6) is 0 Å². The van der Waals surface area contributed by atoms with Crippen molar-refractivity contribution in [3.63, 3.8) is 0 Å². The fraction of sp³-hybridized carbons (Fsp3) is 0.600. The molecule has 0 aliphatic heterocycles. The van der Waals surface area contributed by atoms with E-state index in [-0.39, 0.29) is 11.7 Å². The number of hydrogen-bond acceptors (Lipinski definition) is 4. The Morgan fingerprint density at radius 3 is 2.71 bits per heavy atom. The molecule has 0 atom stereocenters. The molecule has 0 N–H and O–H groups in total. The predicted molar refractivity (Wildman–Crippen MR) is 79.0 cm³/mol. The molecule has 1 saturated carbocycles. The molecular formula is C15H21N5O. The van der Waals surface area contributed by atoms with Crippen LogP contribution in [0.3, 0.4) is 0 Å². The zero-order chi connectivity index (χ0) is 15.0. The SMILES string of the molecule is Cc1ccnc2nc(C(=O)N(C)C3CCC(C)CC3)nn12. The van der Waals surface area contributed by atoms with Gasteiger partial charge in [-0.25, -0.2) is 9.50 Å². The van der Waals surface area contributed by atoms with Crippen LogP contribution < -0.4 is 0 Å². The van der Waals surface area contributed by atoms with Gasteiger partial charge >= 0.3 is 0 Å². The number of amides is 1. The molecule has 0 bridgehead atoms. The molecule has 1 aliphatic carbocycles. The zero-order valence-corrected chi connectivity index (χ0v) is 12.8. The molecule has 2 heterocycles. The van der Waals surface area contributed by atoms with Crippen molar-refractivity contribution in [3.8, 4) is 0 Å². The van der Waals surface area contributed by atoms with Gasteiger partial charge in [-0.2, -0.15) is 4.98 Å². The van der Waals surface area contributed by atoms with Crippen LogP contribution in [0.4, 0.5) is 0 Å². The van der Waals surface area contributed by atoms with E-state index in [9.17, 15) is 4.79 Å². The fourth-order valence-corrected chi connectivity index (χ4v) is 2.95. The van der Waals surface area contributed by atoms with Gasteiger partial charge in [0, 0.05) is 25.0 Å². The summed E-state index contributed by atoms with van der Waals surface area (Å²) in [5.74, 6) is 1.37. The Labute approximate surface area is 124 Å². The van der Waals surface area contributed by atoms with Gasteiger partial charge < -0.3 is 4.90 Å². The highest BCUT2D eigenvalue weighted by molar-refractivity contribution is 5.90. The van der Waals surface area contributed by atoms with Gasteiger partial charge in [0.25, 0.3) is 11.7 Å². The molecule has 0 radical (unpaired) electrons. The summed E-state index contributed by atoms with van der Waals surface area (Å²) in [6, 6.07) is 2.15. The molecule has 21 heavy (non-hydrogen) atoms. The van der Waals surface area contributed by atoms with Crippen LogP contribution in [0, 0.1) is 12.8 Å². The number of aryl methyl sites for hydroxylation is 1. The van der Waals surface area contributed by atoms with Crippen LogP contribution >= 0.6 is 0 Å². The average Bonchev–Trinajstić information content (AvgIpc) is 2.92. The Balaban J connectivity index is 1.81. The summed E-state index contributed by atoms with van der Waals surface area (Å²) >= 11 is 0. The first kappa shape index (κ1) is 14.0. The summed E-state index contributed by atoms with van der Waals surface area (Å²) in [7, 11) is 1.86.